The molecule has 3 rings (SSSR count). The third-order valence-corrected chi connectivity index (χ3v) is 8.60. The second-order valence-corrected chi connectivity index (χ2v) is 12.6. The minimum Gasteiger partial charge on any atom is -0.0877 e. The third-order valence-electron chi connectivity index (χ3n) is 8.35. The fourth-order valence-corrected chi connectivity index (χ4v) is 6.26. The van der Waals surface area contributed by atoms with Gasteiger partial charge in [0.25, 0.3) is 0 Å². The minimum absolute atomic E-state index is 0.358. The van der Waals surface area contributed by atoms with E-state index in [0.29, 0.717) is 17.8 Å². The van der Waals surface area contributed by atoms with Crippen molar-refractivity contribution in [2.45, 2.75) is 150 Å². The van der Waals surface area contributed by atoms with E-state index in [-0.39, 0.29) is 0 Å². The van der Waals surface area contributed by atoms with Crippen LogP contribution in [0.1, 0.15) is 160 Å². The molecule has 0 fully saturated rings. The van der Waals surface area contributed by atoms with Gasteiger partial charge in [-0.2, -0.15) is 0 Å². The van der Waals surface area contributed by atoms with Crippen LogP contribution in [0, 0.1) is 17.8 Å². The van der Waals surface area contributed by atoms with Gasteiger partial charge in [0.15, 0.2) is 0 Å². The van der Waals surface area contributed by atoms with E-state index in [4.69, 9.17) is 11.6 Å². The first-order valence-corrected chi connectivity index (χ1v) is 21.9. The highest BCUT2D eigenvalue weighted by molar-refractivity contribution is 6.30. The highest BCUT2D eigenvalue weighted by Gasteiger charge is 2.24. The smallest absolute Gasteiger partial charge is 0.0406 e. The Morgan fingerprint density at radius 2 is 1.31 bits per heavy atom. The van der Waals surface area contributed by atoms with Gasteiger partial charge in [0.05, 0.1) is 0 Å². The molecule has 2 aromatic carbocycles. The van der Waals surface area contributed by atoms with Gasteiger partial charge >= 0.3 is 0 Å². The summed E-state index contributed by atoms with van der Waals surface area (Å²) in [6, 6.07) is 17.5. The number of benzene rings is 2. The summed E-state index contributed by atoms with van der Waals surface area (Å²) in [5.41, 5.74) is 10.7. The SMILES string of the molecule is CC.CC.CC.CC.CC.C\C=C/C=C\C(=C\C(=CC(C)C)C(C)CC(C1=CC=CCC1)/C(=C\C)c1ccc(CCC)cc1)C(=C/C)\c1ccc(Cl)cc1. The first-order valence-electron chi connectivity index (χ1n) is 21.6. The molecular weight excluding hydrogens is 672 g/mol. The van der Waals surface area contributed by atoms with E-state index in [1.807, 2.05) is 81.4 Å². The Morgan fingerprint density at radius 1 is 0.741 bits per heavy atom. The van der Waals surface area contributed by atoms with Crippen LogP contribution < -0.4 is 0 Å². The number of hydrogen-bond donors (Lipinski definition) is 0. The Bertz CT molecular complexity index is 1430. The normalized spacial score (nSPS) is 14.2. The van der Waals surface area contributed by atoms with Crippen molar-refractivity contribution < 1.29 is 0 Å². The summed E-state index contributed by atoms with van der Waals surface area (Å²) in [4.78, 5) is 0. The minimum atomic E-state index is 0.358. The molecule has 0 saturated carbocycles. The number of rotatable bonds is 14. The maximum Gasteiger partial charge on any atom is 0.0406 e. The quantitative estimate of drug-likeness (QED) is 0.169. The lowest BCUT2D eigenvalue weighted by Crippen LogP contribution is -2.14. The lowest BCUT2D eigenvalue weighted by atomic mass is 9.76. The molecule has 1 aliphatic carbocycles. The van der Waals surface area contributed by atoms with Crippen LogP contribution in [0.3, 0.4) is 0 Å². The summed E-state index contributed by atoms with van der Waals surface area (Å²) in [6.45, 7) is 35.6. The Labute approximate surface area is 342 Å². The van der Waals surface area contributed by atoms with E-state index >= 15 is 0 Å². The van der Waals surface area contributed by atoms with E-state index in [1.165, 1.54) is 45.4 Å². The summed E-state index contributed by atoms with van der Waals surface area (Å²) < 4.78 is 0. The highest BCUT2D eigenvalue weighted by Crippen LogP contribution is 2.40. The van der Waals surface area contributed by atoms with Gasteiger partial charge in [0, 0.05) is 10.9 Å². The Morgan fingerprint density at radius 3 is 1.78 bits per heavy atom. The van der Waals surface area contributed by atoms with E-state index < -0.39 is 0 Å². The van der Waals surface area contributed by atoms with Crippen LogP contribution in [-0.2, 0) is 6.42 Å². The van der Waals surface area contributed by atoms with Gasteiger partial charge in [-0.15, -0.1) is 0 Å². The number of allylic oxidation sites excluding steroid dienone is 16. The molecule has 0 saturated heterocycles. The van der Waals surface area contributed by atoms with Crippen LogP contribution in [0.5, 0.6) is 0 Å². The molecule has 54 heavy (non-hydrogen) atoms. The Kier molecular flexibility index (Phi) is 37.3. The van der Waals surface area contributed by atoms with Crippen LogP contribution in [0.15, 0.2) is 132 Å². The number of aryl methyl sites for hydroxylation is 1. The van der Waals surface area contributed by atoms with Gasteiger partial charge in [-0.1, -0.05) is 224 Å². The average molecular weight is 756 g/mol. The van der Waals surface area contributed by atoms with E-state index in [2.05, 4.69) is 152 Å². The lowest BCUT2D eigenvalue weighted by Gasteiger charge is -2.29. The molecule has 0 aliphatic heterocycles. The van der Waals surface area contributed by atoms with E-state index in [0.717, 1.165) is 30.7 Å². The average Bonchev–Trinajstić information content (AvgIpc) is 3.23. The van der Waals surface area contributed by atoms with Crippen LogP contribution >= 0.6 is 11.6 Å². The maximum atomic E-state index is 6.26. The molecule has 0 nitrogen and oxygen atoms in total. The number of hydrogen-bond acceptors (Lipinski definition) is 0. The molecule has 0 heterocycles. The molecule has 2 unspecified atom stereocenters. The van der Waals surface area contributed by atoms with Crippen molar-refractivity contribution >= 4 is 22.7 Å². The van der Waals surface area contributed by atoms with Crippen LogP contribution in [0.25, 0.3) is 11.1 Å². The molecule has 2 aromatic rings. The van der Waals surface area contributed by atoms with Gasteiger partial charge < -0.3 is 0 Å². The second kappa shape index (κ2) is 36.6. The van der Waals surface area contributed by atoms with Crippen molar-refractivity contribution in [1.29, 1.82) is 0 Å². The second-order valence-electron chi connectivity index (χ2n) is 12.2. The van der Waals surface area contributed by atoms with Gasteiger partial charge in [0.2, 0.25) is 0 Å². The van der Waals surface area contributed by atoms with Crippen LogP contribution in [0.4, 0.5) is 0 Å². The first kappa shape index (κ1) is 55.0. The molecule has 0 N–H and O–H groups in total. The molecule has 1 aliphatic rings. The zero-order chi connectivity index (χ0) is 41.9. The summed E-state index contributed by atoms with van der Waals surface area (Å²) in [7, 11) is 0. The molecule has 0 radical (unpaired) electrons. The van der Waals surface area contributed by atoms with Crippen molar-refractivity contribution in [3.8, 4) is 0 Å². The van der Waals surface area contributed by atoms with Crippen molar-refractivity contribution in [3.05, 3.63) is 154 Å². The van der Waals surface area contributed by atoms with Gasteiger partial charge in [-0.25, -0.2) is 0 Å². The molecule has 0 aromatic heterocycles. The van der Waals surface area contributed by atoms with E-state index in [1.54, 1.807) is 5.57 Å². The van der Waals surface area contributed by atoms with Gasteiger partial charge in [0.1, 0.15) is 0 Å². The molecule has 0 amide bonds. The third kappa shape index (κ3) is 20.9. The molecule has 302 valence electrons. The predicted octanol–water partition coefficient (Wildman–Crippen LogP) is 18.5. The predicted molar refractivity (Wildman–Crippen MR) is 255 cm³/mol. The van der Waals surface area contributed by atoms with Crippen LogP contribution in [0.2, 0.25) is 5.02 Å². The summed E-state index contributed by atoms with van der Waals surface area (Å²) in [5.74, 6) is 1.16. The van der Waals surface area contributed by atoms with Crippen molar-refractivity contribution in [1.82, 2.24) is 0 Å². The van der Waals surface area contributed by atoms with Crippen molar-refractivity contribution in [2.75, 3.05) is 0 Å². The molecule has 0 spiro atoms. The van der Waals surface area contributed by atoms with E-state index in [9.17, 15) is 0 Å². The van der Waals surface area contributed by atoms with Crippen LogP contribution in [-0.4, -0.2) is 0 Å². The maximum absolute atomic E-state index is 6.26. The Hall–Kier alpha value is -3.35. The van der Waals surface area contributed by atoms with Gasteiger partial charge in [-0.3, -0.25) is 0 Å². The lowest BCUT2D eigenvalue weighted by molar-refractivity contribution is 0.539. The summed E-state index contributed by atoms with van der Waals surface area (Å²) >= 11 is 6.26. The summed E-state index contributed by atoms with van der Waals surface area (Å²) in [5, 5.41) is 0.755. The monoisotopic (exact) mass is 755 g/mol. The number of halogens is 1. The first-order chi connectivity index (χ1) is 26.3. The zero-order valence-electron chi connectivity index (χ0n) is 38.1. The molecule has 0 bridgehead atoms. The fourth-order valence-electron chi connectivity index (χ4n) is 6.14. The topological polar surface area (TPSA) is 0 Å². The standard InChI is InChI=1S/C43H53Cl.5C2H6/c1-8-12-14-20-38(41(10-3)36-25-27-40(44)28-26-36)31-39(29-32(5)6)33(7)30-43(35-18-15-13-16-19-35)42(11-4)37-23-21-34(17-9-2)22-24-37;5*1-2/h8,10-15,18,20-29,31-33,43H,9,16-17,19,30H2,1-7H3;5*1-2H3/b12-8-,20-14-,38-31-,39-29?,41-10-,42-11-;;;;;. The van der Waals surface area contributed by atoms with Crippen molar-refractivity contribution in [2.24, 2.45) is 17.8 Å². The zero-order valence-corrected chi connectivity index (χ0v) is 38.9. The fraction of sp³-hybridized carbons (Fsp3) is 0.472. The van der Waals surface area contributed by atoms with Gasteiger partial charge in [-0.05, 0) is 109 Å². The molecular formula is C53H83Cl. The summed E-state index contributed by atoms with van der Waals surface area (Å²) in [6.07, 6.45) is 30.5. The van der Waals surface area contributed by atoms with Crippen molar-refractivity contribution in [3.63, 3.8) is 0 Å². The molecule has 1 heteroatoms. The largest absolute Gasteiger partial charge is 0.0877 e. The Balaban J connectivity index is -0.00000240. The molecule has 2 atom stereocenters. The highest BCUT2D eigenvalue weighted by atomic mass is 35.5.